The van der Waals surface area contributed by atoms with Crippen LogP contribution in [0.5, 0.6) is 0 Å². The molecule has 1 N–H and O–H groups in total. The van der Waals surface area contributed by atoms with E-state index in [0.29, 0.717) is 0 Å². The van der Waals surface area contributed by atoms with Crippen molar-refractivity contribution in [3.63, 3.8) is 0 Å². The van der Waals surface area contributed by atoms with Crippen molar-refractivity contribution in [3.05, 3.63) is 11.1 Å². The summed E-state index contributed by atoms with van der Waals surface area (Å²) >= 11 is 0. The topological polar surface area (TPSA) is 108 Å². The Morgan fingerprint density at radius 2 is 1.14 bits per heavy atom. The lowest BCUT2D eigenvalue weighted by molar-refractivity contribution is -0.143. The molecule has 0 aliphatic carbocycles. The molecule has 8 nitrogen and oxygen atoms in total. The molecule has 0 atom stereocenters. The molecule has 0 unspecified atom stereocenters. The van der Waals surface area contributed by atoms with Gasteiger partial charge in [0.05, 0.1) is 5.57 Å². The number of esters is 3. The fraction of sp³-hybridized carbons (Fsp3) is 0.538. The molecular weight excluding hydrogens is 282 g/mol. The van der Waals surface area contributed by atoms with E-state index >= 15 is 0 Å². The molecule has 0 aromatic heterocycles. The second-order valence-corrected chi connectivity index (χ2v) is 4.00. The van der Waals surface area contributed by atoms with Gasteiger partial charge in [0.25, 0.3) is 5.91 Å². The Hall–Kier alpha value is -2.38. The third kappa shape index (κ3) is 8.40. The van der Waals surface area contributed by atoms with Crippen molar-refractivity contribution in [2.45, 2.75) is 20.8 Å². The van der Waals surface area contributed by atoms with Gasteiger partial charge in [0.2, 0.25) is 0 Å². The summed E-state index contributed by atoms with van der Waals surface area (Å²) in [6, 6.07) is 0. The predicted octanol–water partition coefficient (Wildman–Crippen LogP) is -0.282. The standard InChI is InChI=1S/C13H19NO7/c1-8(15)19-5-11(6-20-9(2)16)12(13(18)14-4)7-21-10(3)17/h5-7H2,1-4H3,(H,14,18). The summed E-state index contributed by atoms with van der Waals surface area (Å²) < 4.78 is 14.4. The van der Waals surface area contributed by atoms with Crippen LogP contribution in [0.4, 0.5) is 0 Å². The van der Waals surface area contributed by atoms with Gasteiger partial charge in [-0.15, -0.1) is 0 Å². The molecule has 0 aromatic carbocycles. The van der Waals surface area contributed by atoms with Gasteiger partial charge in [0.1, 0.15) is 19.8 Å². The predicted molar refractivity (Wildman–Crippen MR) is 71.0 cm³/mol. The van der Waals surface area contributed by atoms with Crippen molar-refractivity contribution >= 4 is 23.8 Å². The number of likely N-dealkylation sites (N-methyl/N-ethyl adjacent to an activating group) is 1. The van der Waals surface area contributed by atoms with Crippen molar-refractivity contribution < 1.29 is 33.4 Å². The molecule has 0 saturated carbocycles. The molecule has 8 heteroatoms. The highest BCUT2D eigenvalue weighted by Gasteiger charge is 2.18. The number of ether oxygens (including phenoxy) is 3. The van der Waals surface area contributed by atoms with Crippen LogP contribution >= 0.6 is 0 Å². The number of carbonyl (C=O) groups excluding carboxylic acids is 4. The summed E-state index contributed by atoms with van der Waals surface area (Å²) in [4.78, 5) is 44.4. The van der Waals surface area contributed by atoms with Crippen LogP contribution in [0.15, 0.2) is 11.1 Å². The highest BCUT2D eigenvalue weighted by molar-refractivity contribution is 5.94. The Labute approximate surface area is 122 Å². The molecule has 0 aromatic rings. The van der Waals surface area contributed by atoms with Crippen molar-refractivity contribution in [3.8, 4) is 0 Å². The molecule has 0 spiro atoms. The first-order chi connectivity index (χ1) is 9.77. The first-order valence-electron chi connectivity index (χ1n) is 6.11. The SMILES string of the molecule is CNC(=O)C(COC(C)=O)=C(COC(C)=O)COC(C)=O. The van der Waals surface area contributed by atoms with E-state index in [9.17, 15) is 19.2 Å². The molecule has 1 amide bonds. The van der Waals surface area contributed by atoms with Crippen LogP contribution in [0.3, 0.4) is 0 Å². The molecule has 0 heterocycles. The van der Waals surface area contributed by atoms with Crippen molar-refractivity contribution in [2.75, 3.05) is 26.9 Å². The van der Waals surface area contributed by atoms with E-state index in [2.05, 4.69) is 5.32 Å². The van der Waals surface area contributed by atoms with Gasteiger partial charge >= 0.3 is 17.9 Å². The van der Waals surface area contributed by atoms with Crippen LogP contribution in [0.2, 0.25) is 0 Å². The average Bonchev–Trinajstić information content (AvgIpc) is 2.39. The average molecular weight is 301 g/mol. The van der Waals surface area contributed by atoms with E-state index in [1.165, 1.54) is 27.8 Å². The molecule has 21 heavy (non-hydrogen) atoms. The summed E-state index contributed by atoms with van der Waals surface area (Å²) in [5, 5.41) is 2.38. The van der Waals surface area contributed by atoms with Crippen LogP contribution in [0, 0.1) is 0 Å². The molecule has 0 aliphatic heterocycles. The third-order valence-electron chi connectivity index (χ3n) is 2.25. The lowest BCUT2D eigenvalue weighted by atomic mass is 10.1. The van der Waals surface area contributed by atoms with Crippen molar-refractivity contribution in [2.24, 2.45) is 0 Å². The Balaban J connectivity index is 5.28. The zero-order chi connectivity index (χ0) is 16.4. The second-order valence-electron chi connectivity index (χ2n) is 4.00. The minimum atomic E-state index is -0.573. The van der Waals surface area contributed by atoms with Crippen LogP contribution in [-0.4, -0.2) is 50.7 Å². The molecule has 0 rings (SSSR count). The Bertz CT molecular complexity index is 433. The summed E-state index contributed by atoms with van der Waals surface area (Å²) in [6.45, 7) is 2.80. The van der Waals surface area contributed by atoms with Crippen molar-refractivity contribution in [1.82, 2.24) is 5.32 Å². The van der Waals surface area contributed by atoms with E-state index in [-0.39, 0.29) is 31.0 Å². The summed E-state index contributed by atoms with van der Waals surface area (Å²) in [5.74, 6) is -2.21. The molecule has 118 valence electrons. The smallest absolute Gasteiger partial charge is 0.302 e. The molecule has 0 bridgehead atoms. The van der Waals surface area contributed by atoms with Gasteiger partial charge in [0, 0.05) is 33.4 Å². The second kappa shape index (κ2) is 9.51. The normalized spacial score (nSPS) is 9.33. The lowest BCUT2D eigenvalue weighted by Gasteiger charge is -2.14. The number of hydrogen-bond acceptors (Lipinski definition) is 7. The van der Waals surface area contributed by atoms with E-state index in [1.807, 2.05) is 0 Å². The summed E-state index contributed by atoms with van der Waals surface area (Å²) in [6.07, 6.45) is 0. The van der Waals surface area contributed by atoms with Crippen LogP contribution in [0.25, 0.3) is 0 Å². The van der Waals surface area contributed by atoms with E-state index in [1.54, 1.807) is 0 Å². The highest BCUT2D eigenvalue weighted by atomic mass is 16.5. The number of hydrogen-bond donors (Lipinski definition) is 1. The van der Waals surface area contributed by atoms with Gasteiger partial charge in [-0.25, -0.2) is 0 Å². The maximum absolute atomic E-state index is 11.8. The zero-order valence-electron chi connectivity index (χ0n) is 12.5. The lowest BCUT2D eigenvalue weighted by Crippen LogP contribution is -2.27. The van der Waals surface area contributed by atoms with Gasteiger partial charge in [-0.3, -0.25) is 19.2 Å². The van der Waals surface area contributed by atoms with Gasteiger partial charge < -0.3 is 19.5 Å². The quantitative estimate of drug-likeness (QED) is 0.391. The van der Waals surface area contributed by atoms with E-state index in [0.717, 1.165) is 0 Å². The van der Waals surface area contributed by atoms with Gasteiger partial charge in [-0.1, -0.05) is 0 Å². The molecule has 0 radical (unpaired) electrons. The molecule has 0 saturated heterocycles. The van der Waals surface area contributed by atoms with E-state index < -0.39 is 23.8 Å². The minimum Gasteiger partial charge on any atom is -0.461 e. The highest BCUT2D eigenvalue weighted by Crippen LogP contribution is 2.09. The van der Waals surface area contributed by atoms with Crippen LogP contribution < -0.4 is 5.32 Å². The number of rotatable bonds is 7. The van der Waals surface area contributed by atoms with Crippen molar-refractivity contribution in [1.29, 1.82) is 0 Å². The Morgan fingerprint density at radius 1 is 0.762 bits per heavy atom. The number of amides is 1. The zero-order valence-corrected chi connectivity index (χ0v) is 12.5. The van der Waals surface area contributed by atoms with Crippen LogP contribution in [-0.2, 0) is 33.4 Å². The maximum atomic E-state index is 11.8. The molecular formula is C13H19NO7. The Kier molecular flexibility index (Phi) is 8.43. The summed E-state index contributed by atoms with van der Waals surface area (Å²) in [5.41, 5.74) is 0.302. The first-order valence-corrected chi connectivity index (χ1v) is 6.11. The first kappa shape index (κ1) is 18.6. The largest absolute Gasteiger partial charge is 0.461 e. The summed E-state index contributed by atoms with van der Waals surface area (Å²) in [7, 11) is 1.39. The number of nitrogens with one attached hydrogen (secondary N) is 1. The van der Waals surface area contributed by atoms with Gasteiger partial charge in [0.15, 0.2) is 0 Å². The maximum Gasteiger partial charge on any atom is 0.302 e. The molecule has 0 aliphatic rings. The Morgan fingerprint density at radius 3 is 1.48 bits per heavy atom. The fourth-order valence-electron chi connectivity index (χ4n) is 1.25. The molecule has 0 fully saturated rings. The number of carbonyl (C=O) groups is 4. The van der Waals surface area contributed by atoms with Gasteiger partial charge in [-0.2, -0.15) is 0 Å². The fourth-order valence-corrected chi connectivity index (χ4v) is 1.25. The van der Waals surface area contributed by atoms with Gasteiger partial charge in [-0.05, 0) is 0 Å². The van der Waals surface area contributed by atoms with Crippen LogP contribution in [0.1, 0.15) is 20.8 Å². The monoisotopic (exact) mass is 301 g/mol. The van der Waals surface area contributed by atoms with E-state index in [4.69, 9.17) is 14.2 Å². The third-order valence-corrected chi connectivity index (χ3v) is 2.25. The minimum absolute atomic E-state index is 0.0650.